The van der Waals surface area contributed by atoms with E-state index in [2.05, 4.69) is 4.98 Å². The molecule has 1 rings (SSSR count). The summed E-state index contributed by atoms with van der Waals surface area (Å²) in [5.41, 5.74) is 1.70. The van der Waals surface area contributed by atoms with E-state index in [-0.39, 0.29) is 11.6 Å². The zero-order chi connectivity index (χ0) is 16.2. The third-order valence-electron chi connectivity index (χ3n) is 3.46. The van der Waals surface area contributed by atoms with Crippen LogP contribution in [0.4, 0.5) is 0 Å². The van der Waals surface area contributed by atoms with Crippen molar-refractivity contribution in [3.05, 3.63) is 22.5 Å². The molecule has 0 fully saturated rings. The number of hydrogen-bond acceptors (Lipinski definition) is 3. The van der Waals surface area contributed by atoms with E-state index in [0.717, 1.165) is 13.0 Å². The van der Waals surface area contributed by atoms with E-state index in [1.165, 1.54) is 0 Å². The molecule has 6 nitrogen and oxygen atoms in total. The number of hydrogen-bond donors (Lipinski definition) is 2. The Morgan fingerprint density at radius 2 is 1.76 bits per heavy atom. The van der Waals surface area contributed by atoms with Gasteiger partial charge in [0.1, 0.15) is 5.69 Å². The summed E-state index contributed by atoms with van der Waals surface area (Å²) in [7, 11) is 3.92. The zero-order valence-electron chi connectivity index (χ0n) is 13.5. The van der Waals surface area contributed by atoms with Crippen LogP contribution in [0.15, 0.2) is 0 Å². The van der Waals surface area contributed by atoms with Crippen LogP contribution in [0.2, 0.25) is 0 Å². The smallest absolute Gasteiger partial charge is 0.352 e. The Hall–Kier alpha value is -1.82. The van der Waals surface area contributed by atoms with Gasteiger partial charge in [0, 0.05) is 25.3 Å². The second-order valence-electron chi connectivity index (χ2n) is 5.53. The molecular formula is C15H25N3O3. The average Bonchev–Trinajstić information content (AvgIpc) is 2.69. The molecule has 0 atom stereocenters. The van der Waals surface area contributed by atoms with Gasteiger partial charge in [0.05, 0.1) is 5.56 Å². The van der Waals surface area contributed by atoms with Crippen LogP contribution in [0.5, 0.6) is 0 Å². The number of nitrogens with zero attached hydrogens (tertiary/aromatic N) is 2. The first-order valence-electron chi connectivity index (χ1n) is 7.16. The van der Waals surface area contributed by atoms with Crippen LogP contribution >= 0.6 is 0 Å². The number of rotatable bonds is 7. The predicted octanol–water partition coefficient (Wildman–Crippen LogP) is 1.74. The van der Waals surface area contributed by atoms with Gasteiger partial charge < -0.3 is 19.9 Å². The number of amides is 1. The Kier molecular flexibility index (Phi) is 5.96. The number of carbonyl (C=O) groups excluding carboxylic acids is 1. The van der Waals surface area contributed by atoms with Gasteiger partial charge in [-0.2, -0.15) is 0 Å². The van der Waals surface area contributed by atoms with Crippen LogP contribution in [-0.2, 0) is 0 Å². The SMILES string of the molecule is CCCN(CCN(C)C)C(=O)c1c(C)[nH]c(C(=O)O)c1C. The number of aromatic nitrogens is 1. The van der Waals surface area contributed by atoms with Crippen LogP contribution in [0.25, 0.3) is 0 Å². The highest BCUT2D eigenvalue weighted by Crippen LogP contribution is 2.20. The number of carboxylic acid groups (broad SMARTS) is 1. The van der Waals surface area contributed by atoms with E-state index in [1.54, 1.807) is 18.7 Å². The molecule has 0 aliphatic carbocycles. The van der Waals surface area contributed by atoms with Crippen LogP contribution in [0, 0.1) is 13.8 Å². The van der Waals surface area contributed by atoms with Gasteiger partial charge in [0.25, 0.3) is 5.91 Å². The first kappa shape index (κ1) is 17.2. The quantitative estimate of drug-likeness (QED) is 0.803. The van der Waals surface area contributed by atoms with Crippen molar-refractivity contribution in [1.82, 2.24) is 14.8 Å². The summed E-state index contributed by atoms with van der Waals surface area (Å²) >= 11 is 0. The maximum absolute atomic E-state index is 12.7. The van der Waals surface area contributed by atoms with E-state index in [1.807, 2.05) is 25.9 Å². The molecule has 0 saturated carbocycles. The van der Waals surface area contributed by atoms with Crippen LogP contribution in [0.1, 0.15) is 45.4 Å². The van der Waals surface area contributed by atoms with Gasteiger partial charge in [-0.3, -0.25) is 4.79 Å². The van der Waals surface area contributed by atoms with Crippen molar-refractivity contribution in [3.63, 3.8) is 0 Å². The first-order valence-corrected chi connectivity index (χ1v) is 7.16. The minimum atomic E-state index is -1.04. The Bertz CT molecular complexity index is 520. The van der Waals surface area contributed by atoms with E-state index in [9.17, 15) is 9.59 Å². The lowest BCUT2D eigenvalue weighted by Gasteiger charge is -2.24. The number of aryl methyl sites for hydroxylation is 1. The molecule has 1 amide bonds. The fourth-order valence-electron chi connectivity index (χ4n) is 2.35. The molecule has 21 heavy (non-hydrogen) atoms. The van der Waals surface area contributed by atoms with E-state index in [4.69, 9.17) is 5.11 Å². The lowest BCUT2D eigenvalue weighted by molar-refractivity contribution is 0.0690. The van der Waals surface area contributed by atoms with Gasteiger partial charge >= 0.3 is 5.97 Å². The summed E-state index contributed by atoms with van der Waals surface area (Å²) in [5, 5.41) is 9.14. The second-order valence-corrected chi connectivity index (χ2v) is 5.53. The molecule has 1 aromatic rings. The molecule has 0 aliphatic heterocycles. The Labute approximate surface area is 125 Å². The molecule has 6 heteroatoms. The van der Waals surface area contributed by atoms with Crippen LogP contribution in [0.3, 0.4) is 0 Å². The maximum atomic E-state index is 12.7. The topological polar surface area (TPSA) is 76.6 Å². The monoisotopic (exact) mass is 295 g/mol. The molecule has 1 aromatic heterocycles. The number of carbonyl (C=O) groups is 2. The minimum Gasteiger partial charge on any atom is -0.477 e. The molecule has 2 N–H and O–H groups in total. The fourth-order valence-corrected chi connectivity index (χ4v) is 2.35. The lowest BCUT2D eigenvalue weighted by atomic mass is 10.1. The number of nitrogens with one attached hydrogen (secondary N) is 1. The van der Waals surface area contributed by atoms with Crippen molar-refractivity contribution in [1.29, 1.82) is 0 Å². The molecule has 0 saturated heterocycles. The Morgan fingerprint density at radius 1 is 1.14 bits per heavy atom. The first-order chi connectivity index (χ1) is 9.79. The predicted molar refractivity (Wildman–Crippen MR) is 82.0 cm³/mol. The minimum absolute atomic E-state index is 0.0971. The summed E-state index contributed by atoms with van der Waals surface area (Å²) in [6.45, 7) is 7.51. The fraction of sp³-hybridized carbons (Fsp3) is 0.600. The standard InChI is InChI=1S/C15H25N3O3/c1-6-7-18(9-8-17(4)5)14(19)12-10(2)13(15(20)21)16-11(12)3/h16H,6-9H2,1-5H3,(H,20,21). The molecule has 0 unspecified atom stereocenters. The highest BCUT2D eigenvalue weighted by Gasteiger charge is 2.25. The molecule has 0 aliphatic rings. The van der Waals surface area contributed by atoms with Gasteiger partial charge in [0.15, 0.2) is 0 Å². The van der Waals surface area contributed by atoms with Crippen molar-refractivity contribution in [3.8, 4) is 0 Å². The summed E-state index contributed by atoms with van der Waals surface area (Å²) in [4.78, 5) is 30.5. The third kappa shape index (κ3) is 4.07. The Morgan fingerprint density at radius 3 is 2.19 bits per heavy atom. The van der Waals surface area contributed by atoms with E-state index in [0.29, 0.717) is 29.9 Å². The van der Waals surface area contributed by atoms with Crippen molar-refractivity contribution >= 4 is 11.9 Å². The van der Waals surface area contributed by atoms with Crippen molar-refractivity contribution < 1.29 is 14.7 Å². The maximum Gasteiger partial charge on any atom is 0.352 e. The van der Waals surface area contributed by atoms with Crippen molar-refractivity contribution in [2.75, 3.05) is 33.7 Å². The van der Waals surface area contributed by atoms with Gasteiger partial charge in [-0.25, -0.2) is 4.79 Å². The average molecular weight is 295 g/mol. The van der Waals surface area contributed by atoms with Crippen molar-refractivity contribution in [2.24, 2.45) is 0 Å². The Balaban J connectivity index is 3.06. The number of carboxylic acids is 1. The summed E-state index contributed by atoms with van der Waals surface area (Å²) in [6.07, 6.45) is 0.869. The van der Waals surface area contributed by atoms with Crippen molar-refractivity contribution in [2.45, 2.75) is 27.2 Å². The summed E-state index contributed by atoms with van der Waals surface area (Å²) in [5.74, 6) is -1.14. The van der Waals surface area contributed by atoms with E-state index >= 15 is 0 Å². The lowest BCUT2D eigenvalue weighted by Crippen LogP contribution is -2.37. The molecule has 118 valence electrons. The molecule has 1 heterocycles. The highest BCUT2D eigenvalue weighted by atomic mass is 16.4. The van der Waals surface area contributed by atoms with Gasteiger partial charge in [0.2, 0.25) is 0 Å². The number of likely N-dealkylation sites (N-methyl/N-ethyl adjacent to an activating group) is 1. The van der Waals surface area contributed by atoms with E-state index < -0.39 is 5.97 Å². The van der Waals surface area contributed by atoms with Gasteiger partial charge in [-0.1, -0.05) is 6.92 Å². The van der Waals surface area contributed by atoms with Gasteiger partial charge in [-0.15, -0.1) is 0 Å². The second kappa shape index (κ2) is 7.26. The van der Waals surface area contributed by atoms with Gasteiger partial charge in [-0.05, 0) is 39.9 Å². The van der Waals surface area contributed by atoms with Crippen LogP contribution in [-0.4, -0.2) is 65.5 Å². The largest absolute Gasteiger partial charge is 0.477 e. The normalized spacial score (nSPS) is 11.0. The summed E-state index contributed by atoms with van der Waals surface area (Å²) < 4.78 is 0. The molecule has 0 radical (unpaired) electrons. The number of aromatic carboxylic acids is 1. The number of H-pyrrole nitrogens is 1. The molecule has 0 bridgehead atoms. The number of aromatic amines is 1. The molecule has 0 spiro atoms. The molecular weight excluding hydrogens is 270 g/mol. The molecule has 0 aromatic carbocycles. The summed E-state index contributed by atoms with van der Waals surface area (Å²) in [6, 6.07) is 0. The highest BCUT2D eigenvalue weighted by molar-refractivity contribution is 6.00. The third-order valence-corrected chi connectivity index (χ3v) is 3.46. The van der Waals surface area contributed by atoms with Crippen LogP contribution < -0.4 is 0 Å². The zero-order valence-corrected chi connectivity index (χ0v) is 13.5.